The van der Waals surface area contributed by atoms with E-state index in [4.69, 9.17) is 0 Å². The first kappa shape index (κ1) is 7.04. The van der Waals surface area contributed by atoms with E-state index in [9.17, 15) is 5.11 Å². The Morgan fingerprint density at radius 2 is 1.54 bits per heavy atom. The van der Waals surface area contributed by atoms with Gasteiger partial charge in [-0.05, 0) is 53.8 Å². The fourth-order valence-electron chi connectivity index (χ4n) is 6.52. The predicted octanol–water partition coefficient (Wildman–Crippen LogP) is 1.54. The standard InChI is InChI=1S/C11H13IO/c12-10-6-2-1-3-4(6)9-8(10)5(2)7(3)11(9)13/h2-11,13H,1H2/t2-,3+,4+,5+,6-,7+,8-,9-,10+,11-/m1/s1. The van der Waals surface area contributed by atoms with Gasteiger partial charge in [-0.25, -0.2) is 0 Å². The molecule has 0 aromatic heterocycles. The Bertz CT molecular complexity index is 283. The van der Waals surface area contributed by atoms with Crippen molar-refractivity contribution in [2.45, 2.75) is 16.4 Å². The van der Waals surface area contributed by atoms with E-state index < -0.39 is 0 Å². The highest BCUT2D eigenvalue weighted by molar-refractivity contribution is 14.1. The predicted molar refractivity (Wildman–Crippen MR) is 56.4 cm³/mol. The molecular formula is C11H13IO. The molecule has 70 valence electrons. The van der Waals surface area contributed by atoms with E-state index in [0.717, 1.165) is 51.3 Å². The van der Waals surface area contributed by atoms with E-state index >= 15 is 0 Å². The number of halogens is 1. The molecule has 10 atom stereocenters. The van der Waals surface area contributed by atoms with Crippen molar-refractivity contribution in [2.24, 2.45) is 47.3 Å². The molecule has 0 saturated heterocycles. The summed E-state index contributed by atoms with van der Waals surface area (Å²) in [6.45, 7) is 0. The minimum atomic E-state index is 0.125. The fraction of sp³-hybridized carbons (Fsp3) is 1.00. The highest BCUT2D eigenvalue weighted by atomic mass is 127. The average Bonchev–Trinajstić information content (AvgIpc) is 2.78. The van der Waals surface area contributed by atoms with Gasteiger partial charge in [-0.1, -0.05) is 22.6 Å². The van der Waals surface area contributed by atoms with E-state index in [1.54, 1.807) is 0 Å². The summed E-state index contributed by atoms with van der Waals surface area (Å²) in [6.07, 6.45) is 1.62. The van der Waals surface area contributed by atoms with Crippen molar-refractivity contribution in [2.75, 3.05) is 0 Å². The molecule has 0 aromatic rings. The Morgan fingerprint density at radius 1 is 0.846 bits per heavy atom. The van der Waals surface area contributed by atoms with Crippen molar-refractivity contribution in [1.29, 1.82) is 0 Å². The molecule has 0 aliphatic heterocycles. The topological polar surface area (TPSA) is 20.2 Å². The van der Waals surface area contributed by atoms with Gasteiger partial charge in [0.2, 0.25) is 0 Å². The summed E-state index contributed by atoms with van der Waals surface area (Å²) in [4.78, 5) is 0. The van der Waals surface area contributed by atoms with Crippen LogP contribution in [0.15, 0.2) is 0 Å². The minimum Gasteiger partial charge on any atom is -0.393 e. The zero-order valence-corrected chi connectivity index (χ0v) is 9.46. The second kappa shape index (κ2) is 1.73. The minimum absolute atomic E-state index is 0.125. The molecule has 0 heterocycles. The molecule has 0 amide bonds. The van der Waals surface area contributed by atoms with Gasteiger partial charge in [-0.2, -0.15) is 0 Å². The molecule has 13 heavy (non-hydrogen) atoms. The number of alkyl halides is 1. The first-order valence-corrected chi connectivity index (χ1v) is 6.87. The third-order valence-corrected chi connectivity index (χ3v) is 7.93. The molecule has 6 fully saturated rings. The quantitative estimate of drug-likeness (QED) is 0.529. The van der Waals surface area contributed by atoms with Gasteiger partial charge in [-0.3, -0.25) is 0 Å². The van der Waals surface area contributed by atoms with E-state index in [2.05, 4.69) is 22.6 Å². The summed E-state index contributed by atoms with van der Waals surface area (Å²) < 4.78 is 0.940. The third kappa shape index (κ3) is 0.451. The third-order valence-electron chi connectivity index (χ3n) is 6.27. The van der Waals surface area contributed by atoms with Gasteiger partial charge in [0, 0.05) is 3.92 Å². The lowest BCUT2D eigenvalue weighted by Gasteiger charge is -2.33. The number of rotatable bonds is 0. The van der Waals surface area contributed by atoms with Gasteiger partial charge < -0.3 is 5.11 Å². The molecule has 1 N–H and O–H groups in total. The lowest BCUT2D eigenvalue weighted by atomic mass is 9.71. The first-order chi connectivity index (χ1) is 6.30. The largest absolute Gasteiger partial charge is 0.393 e. The van der Waals surface area contributed by atoms with Crippen molar-refractivity contribution < 1.29 is 5.11 Å². The Balaban J connectivity index is 1.86. The van der Waals surface area contributed by atoms with Crippen LogP contribution in [0.1, 0.15) is 6.42 Å². The number of aliphatic hydroxyl groups excluding tert-OH is 1. The number of aliphatic hydroxyl groups is 1. The fourth-order valence-corrected chi connectivity index (χ4v) is 8.49. The smallest absolute Gasteiger partial charge is 0.0608 e. The van der Waals surface area contributed by atoms with E-state index in [-0.39, 0.29) is 6.10 Å². The van der Waals surface area contributed by atoms with Crippen LogP contribution >= 0.6 is 22.6 Å². The summed E-state index contributed by atoms with van der Waals surface area (Å²) >= 11 is 2.70. The van der Waals surface area contributed by atoms with E-state index in [1.165, 1.54) is 6.42 Å². The molecule has 1 nitrogen and oxygen atoms in total. The van der Waals surface area contributed by atoms with Gasteiger partial charge in [0.15, 0.2) is 0 Å². The van der Waals surface area contributed by atoms with Crippen LogP contribution in [0.5, 0.6) is 0 Å². The van der Waals surface area contributed by atoms with E-state index in [0.29, 0.717) is 0 Å². The molecule has 2 heteroatoms. The lowest BCUT2D eigenvalue weighted by molar-refractivity contribution is 0.116. The normalized spacial score (nSPS) is 85.4. The Hall–Kier alpha value is 0.690. The van der Waals surface area contributed by atoms with Gasteiger partial charge >= 0.3 is 0 Å². The van der Waals surface area contributed by atoms with Crippen LogP contribution < -0.4 is 0 Å². The molecule has 6 bridgehead atoms. The van der Waals surface area contributed by atoms with Crippen molar-refractivity contribution in [3.63, 3.8) is 0 Å². The summed E-state index contributed by atoms with van der Waals surface area (Å²) in [7, 11) is 0. The molecule has 0 radical (unpaired) electrons. The molecular weight excluding hydrogens is 275 g/mol. The second-order valence-corrected chi connectivity index (χ2v) is 7.40. The Morgan fingerprint density at radius 3 is 2.31 bits per heavy atom. The molecule has 6 aliphatic rings. The van der Waals surface area contributed by atoms with Crippen LogP contribution in [-0.4, -0.2) is 15.1 Å². The zero-order valence-electron chi connectivity index (χ0n) is 7.31. The monoisotopic (exact) mass is 288 g/mol. The van der Waals surface area contributed by atoms with Crippen molar-refractivity contribution in [3.05, 3.63) is 0 Å². The van der Waals surface area contributed by atoms with Gasteiger partial charge in [0.05, 0.1) is 6.10 Å². The van der Waals surface area contributed by atoms with Crippen molar-refractivity contribution in [3.8, 4) is 0 Å². The Kier molecular flexibility index (Phi) is 0.936. The maximum Gasteiger partial charge on any atom is 0.0608 e. The maximum atomic E-state index is 10.2. The van der Waals surface area contributed by atoms with Crippen LogP contribution in [0.25, 0.3) is 0 Å². The summed E-state index contributed by atoms with van der Waals surface area (Å²) in [6, 6.07) is 0. The van der Waals surface area contributed by atoms with Crippen LogP contribution in [0, 0.1) is 47.3 Å². The van der Waals surface area contributed by atoms with E-state index in [1.807, 2.05) is 0 Å². The lowest BCUT2D eigenvalue weighted by Crippen LogP contribution is -2.30. The SMILES string of the molecule is O[C@H]1[C@H]2[C@@H]3[C@@H](I)[C@@H]4[C@@H]5C[C@@H]([C@H]24)[C@H]1[C@H]53. The van der Waals surface area contributed by atoms with Gasteiger partial charge in [0.25, 0.3) is 0 Å². The number of hydrogen-bond donors (Lipinski definition) is 1. The molecule has 6 aliphatic carbocycles. The summed E-state index contributed by atoms with van der Waals surface area (Å²) in [5.74, 6) is 7.48. The molecule has 0 aromatic carbocycles. The van der Waals surface area contributed by atoms with Crippen LogP contribution in [0.4, 0.5) is 0 Å². The van der Waals surface area contributed by atoms with Crippen molar-refractivity contribution in [1.82, 2.24) is 0 Å². The Labute approximate surface area is 91.4 Å². The number of hydrogen-bond acceptors (Lipinski definition) is 1. The second-order valence-electron chi connectivity index (χ2n) is 5.96. The highest BCUT2D eigenvalue weighted by Gasteiger charge is 2.82. The average molecular weight is 288 g/mol. The van der Waals surface area contributed by atoms with Crippen molar-refractivity contribution >= 4 is 22.6 Å². The van der Waals surface area contributed by atoms with Crippen LogP contribution in [0.2, 0.25) is 0 Å². The summed E-state index contributed by atoms with van der Waals surface area (Å²) in [5, 5.41) is 10.2. The molecule has 0 spiro atoms. The van der Waals surface area contributed by atoms with Gasteiger partial charge in [-0.15, -0.1) is 0 Å². The zero-order chi connectivity index (χ0) is 8.48. The molecule has 6 saturated carbocycles. The molecule has 0 unspecified atom stereocenters. The molecule has 6 rings (SSSR count). The first-order valence-electron chi connectivity index (χ1n) is 5.63. The summed E-state index contributed by atoms with van der Waals surface area (Å²) in [5.41, 5.74) is 0. The van der Waals surface area contributed by atoms with Crippen LogP contribution in [0.3, 0.4) is 0 Å². The highest BCUT2D eigenvalue weighted by Crippen LogP contribution is 2.83. The van der Waals surface area contributed by atoms with Gasteiger partial charge in [0.1, 0.15) is 0 Å². The van der Waals surface area contributed by atoms with Crippen LogP contribution in [-0.2, 0) is 0 Å². The maximum absolute atomic E-state index is 10.2.